The van der Waals surface area contributed by atoms with Gasteiger partial charge in [-0.25, -0.2) is 4.79 Å². The second kappa shape index (κ2) is 8.95. The number of ether oxygens (including phenoxy) is 2. The molecule has 174 valence electrons. The molecule has 0 bridgehead atoms. The molecule has 0 spiro atoms. The smallest absolute Gasteiger partial charge is 0.322 e. The minimum Gasteiger partial charge on any atom is -0.497 e. The number of halogens is 1. The van der Waals surface area contributed by atoms with Crippen LogP contribution in [0.25, 0.3) is 10.9 Å². The number of benzene rings is 3. The maximum absolute atomic E-state index is 13.5. The number of aromatic nitrogens is 1. The lowest BCUT2D eigenvalue weighted by Gasteiger charge is -2.36. The van der Waals surface area contributed by atoms with Gasteiger partial charge in [0.25, 0.3) is 0 Å². The minimum absolute atomic E-state index is 0.201. The zero-order valence-electron chi connectivity index (χ0n) is 19.3. The number of rotatable bonds is 4. The number of nitrogens with zero attached hydrogens (tertiary/aromatic N) is 1. The van der Waals surface area contributed by atoms with Gasteiger partial charge in [0.05, 0.1) is 31.0 Å². The summed E-state index contributed by atoms with van der Waals surface area (Å²) >= 11 is 6.40. The van der Waals surface area contributed by atoms with Gasteiger partial charge in [0.2, 0.25) is 0 Å². The van der Waals surface area contributed by atoms with Gasteiger partial charge in [-0.3, -0.25) is 0 Å². The Balaban J connectivity index is 1.58. The summed E-state index contributed by atoms with van der Waals surface area (Å²) in [6, 6.07) is 19.0. The molecule has 1 aromatic heterocycles. The summed E-state index contributed by atoms with van der Waals surface area (Å²) in [4.78, 5) is 19.0. The van der Waals surface area contributed by atoms with Crippen LogP contribution >= 0.6 is 11.6 Å². The van der Waals surface area contributed by atoms with E-state index >= 15 is 0 Å². The Hall–Kier alpha value is -3.64. The molecule has 1 atom stereocenters. The van der Waals surface area contributed by atoms with Crippen LogP contribution in [-0.4, -0.2) is 36.7 Å². The van der Waals surface area contributed by atoms with Gasteiger partial charge in [-0.2, -0.15) is 0 Å². The number of carbonyl (C=O) groups excluding carboxylic acids is 1. The number of carbonyl (C=O) groups is 1. The Kier molecular flexibility index (Phi) is 5.84. The van der Waals surface area contributed by atoms with Crippen LogP contribution in [0.3, 0.4) is 0 Å². The van der Waals surface area contributed by atoms with E-state index in [4.69, 9.17) is 21.1 Å². The molecule has 0 unspecified atom stereocenters. The van der Waals surface area contributed by atoms with Crippen LogP contribution in [0.4, 0.5) is 10.5 Å². The van der Waals surface area contributed by atoms with Crippen LogP contribution in [0.5, 0.6) is 11.5 Å². The van der Waals surface area contributed by atoms with E-state index in [2.05, 4.69) is 16.4 Å². The fraction of sp³-hybridized carbons (Fsp3) is 0.222. The largest absolute Gasteiger partial charge is 0.497 e. The first-order valence-corrected chi connectivity index (χ1v) is 11.5. The molecule has 7 heteroatoms. The highest BCUT2D eigenvalue weighted by Crippen LogP contribution is 2.40. The molecular weight excluding hydrogens is 450 g/mol. The van der Waals surface area contributed by atoms with Crippen molar-refractivity contribution in [1.29, 1.82) is 0 Å². The van der Waals surface area contributed by atoms with E-state index in [0.717, 1.165) is 45.6 Å². The first-order valence-electron chi connectivity index (χ1n) is 11.1. The topological polar surface area (TPSA) is 66.6 Å². The fourth-order valence-electron chi connectivity index (χ4n) is 4.65. The summed E-state index contributed by atoms with van der Waals surface area (Å²) in [6.07, 6.45) is 0.726. The normalized spacial score (nSPS) is 15.2. The second-order valence-electron chi connectivity index (χ2n) is 8.46. The Morgan fingerprint density at radius 3 is 2.47 bits per heavy atom. The summed E-state index contributed by atoms with van der Waals surface area (Å²) in [6.45, 7) is 2.53. The van der Waals surface area contributed by atoms with E-state index in [9.17, 15) is 4.79 Å². The van der Waals surface area contributed by atoms with Gasteiger partial charge >= 0.3 is 6.03 Å². The number of nitrogens with one attached hydrogen (secondary N) is 2. The Morgan fingerprint density at radius 2 is 1.76 bits per heavy atom. The van der Waals surface area contributed by atoms with Gasteiger partial charge in [0, 0.05) is 23.1 Å². The van der Waals surface area contributed by atoms with Crippen LogP contribution in [0, 0.1) is 6.92 Å². The highest BCUT2D eigenvalue weighted by Gasteiger charge is 2.35. The highest BCUT2D eigenvalue weighted by atomic mass is 35.5. The lowest BCUT2D eigenvalue weighted by atomic mass is 9.92. The lowest BCUT2D eigenvalue weighted by molar-refractivity contribution is 0.193. The third-order valence-corrected chi connectivity index (χ3v) is 6.71. The van der Waals surface area contributed by atoms with Crippen molar-refractivity contribution >= 4 is 34.2 Å². The van der Waals surface area contributed by atoms with Gasteiger partial charge in [0.15, 0.2) is 0 Å². The maximum Gasteiger partial charge on any atom is 0.322 e. The number of aryl methyl sites for hydroxylation is 1. The monoisotopic (exact) mass is 475 g/mol. The van der Waals surface area contributed by atoms with E-state index in [1.54, 1.807) is 14.2 Å². The molecule has 2 N–H and O–H groups in total. The number of amides is 2. The molecule has 5 rings (SSSR count). The number of H-pyrrole nitrogens is 1. The molecule has 34 heavy (non-hydrogen) atoms. The van der Waals surface area contributed by atoms with E-state index in [1.807, 2.05) is 66.4 Å². The highest BCUT2D eigenvalue weighted by molar-refractivity contribution is 6.33. The van der Waals surface area contributed by atoms with Crippen LogP contribution < -0.4 is 14.8 Å². The summed E-state index contributed by atoms with van der Waals surface area (Å²) in [5.74, 6) is 1.58. The summed E-state index contributed by atoms with van der Waals surface area (Å²) in [5.41, 5.74) is 5.85. The second-order valence-corrected chi connectivity index (χ2v) is 8.87. The summed E-state index contributed by atoms with van der Waals surface area (Å²) < 4.78 is 10.8. The molecular formula is C27H26ClN3O3. The predicted octanol–water partition coefficient (Wildman–Crippen LogP) is 6.33. The number of anilines is 1. The van der Waals surface area contributed by atoms with Crippen molar-refractivity contribution in [3.8, 4) is 11.5 Å². The Morgan fingerprint density at radius 1 is 1.03 bits per heavy atom. The molecule has 2 amide bonds. The quantitative estimate of drug-likeness (QED) is 0.362. The third kappa shape index (κ3) is 3.94. The van der Waals surface area contributed by atoms with Gasteiger partial charge in [-0.05, 0) is 72.5 Å². The van der Waals surface area contributed by atoms with Crippen molar-refractivity contribution in [2.75, 3.05) is 26.1 Å². The number of methoxy groups -OCH3 is 2. The molecule has 4 aromatic rings. The lowest BCUT2D eigenvalue weighted by Crippen LogP contribution is -2.43. The summed E-state index contributed by atoms with van der Waals surface area (Å²) in [7, 11) is 3.31. The van der Waals surface area contributed by atoms with Crippen molar-refractivity contribution < 1.29 is 14.3 Å². The summed E-state index contributed by atoms with van der Waals surface area (Å²) in [5, 5.41) is 4.65. The number of urea groups is 1. The van der Waals surface area contributed by atoms with E-state index in [0.29, 0.717) is 17.3 Å². The van der Waals surface area contributed by atoms with Crippen molar-refractivity contribution in [3.63, 3.8) is 0 Å². The minimum atomic E-state index is -0.294. The van der Waals surface area contributed by atoms with Crippen LogP contribution in [0.2, 0.25) is 5.02 Å². The molecule has 0 saturated heterocycles. The average Bonchev–Trinajstić information content (AvgIpc) is 3.23. The molecule has 0 radical (unpaired) electrons. The number of hydrogen-bond acceptors (Lipinski definition) is 3. The zero-order chi connectivity index (χ0) is 23.8. The first kappa shape index (κ1) is 22.2. The van der Waals surface area contributed by atoms with Crippen molar-refractivity contribution in [1.82, 2.24) is 9.88 Å². The maximum atomic E-state index is 13.5. The molecule has 3 aromatic carbocycles. The Labute approximate surface area is 203 Å². The molecule has 6 nitrogen and oxygen atoms in total. The number of fused-ring (bicyclic) bond motifs is 3. The molecule has 0 aliphatic carbocycles. The molecule has 1 aliphatic rings. The van der Waals surface area contributed by atoms with Crippen molar-refractivity contribution in [2.45, 2.75) is 19.4 Å². The Bertz CT molecular complexity index is 1360. The predicted molar refractivity (Wildman–Crippen MR) is 135 cm³/mol. The number of aromatic amines is 1. The fourth-order valence-corrected chi connectivity index (χ4v) is 4.94. The van der Waals surface area contributed by atoms with E-state index in [-0.39, 0.29) is 12.1 Å². The zero-order valence-corrected chi connectivity index (χ0v) is 20.1. The first-order chi connectivity index (χ1) is 16.5. The van der Waals surface area contributed by atoms with Gasteiger partial charge in [-0.1, -0.05) is 29.8 Å². The third-order valence-electron chi connectivity index (χ3n) is 6.39. The van der Waals surface area contributed by atoms with Crippen LogP contribution in [0.15, 0.2) is 60.7 Å². The molecule has 2 heterocycles. The van der Waals surface area contributed by atoms with Gasteiger partial charge in [-0.15, -0.1) is 0 Å². The molecule has 1 aliphatic heterocycles. The standard InChI is InChI=1S/C27H26ClN3O3/c1-16-4-10-24(22(28)14-16)30-27(32)31-13-12-20-21-15-19(34-3)9-11-23(21)29-25(20)26(31)17-5-7-18(33-2)8-6-17/h4-11,14-15,26,29H,12-13H2,1-3H3,(H,30,32)/t26-/m1/s1. The molecule has 0 fully saturated rings. The van der Waals surface area contributed by atoms with Gasteiger partial charge in [0.1, 0.15) is 11.5 Å². The molecule has 0 saturated carbocycles. The van der Waals surface area contributed by atoms with Gasteiger partial charge < -0.3 is 24.7 Å². The van der Waals surface area contributed by atoms with Crippen molar-refractivity contribution in [2.24, 2.45) is 0 Å². The van der Waals surface area contributed by atoms with Crippen LogP contribution in [0.1, 0.15) is 28.4 Å². The SMILES string of the molecule is COc1ccc([C@@H]2c3[nH]c4ccc(OC)cc4c3CCN2C(=O)Nc2ccc(C)cc2Cl)cc1. The average molecular weight is 476 g/mol. The number of hydrogen-bond donors (Lipinski definition) is 2. The van der Waals surface area contributed by atoms with Crippen LogP contribution in [-0.2, 0) is 6.42 Å². The van der Waals surface area contributed by atoms with E-state index in [1.165, 1.54) is 5.56 Å². The van der Waals surface area contributed by atoms with Crippen molar-refractivity contribution in [3.05, 3.63) is 88.1 Å². The van der Waals surface area contributed by atoms with E-state index < -0.39 is 0 Å².